The van der Waals surface area contributed by atoms with E-state index in [1.54, 1.807) is 62.4 Å². The van der Waals surface area contributed by atoms with Gasteiger partial charge in [-0.15, -0.1) is 10.2 Å². The average Bonchev–Trinajstić information content (AvgIpc) is 2.88. The minimum absolute atomic E-state index is 0.328. The molecule has 0 atom stereocenters. The summed E-state index contributed by atoms with van der Waals surface area (Å²) in [4.78, 5) is 23.7. The van der Waals surface area contributed by atoms with Crippen LogP contribution in [0.1, 0.15) is 56.8 Å². The highest BCUT2D eigenvalue weighted by Crippen LogP contribution is 2.39. The van der Waals surface area contributed by atoms with E-state index in [4.69, 9.17) is 9.47 Å². The van der Waals surface area contributed by atoms with Gasteiger partial charge in [0.05, 0.1) is 47.1 Å². The zero-order chi connectivity index (χ0) is 26.2. The van der Waals surface area contributed by atoms with Gasteiger partial charge in [-0.2, -0.15) is 10.2 Å². The van der Waals surface area contributed by atoms with Crippen LogP contribution in [0.3, 0.4) is 0 Å². The van der Waals surface area contributed by atoms with Crippen LogP contribution in [0.25, 0.3) is 0 Å². The molecule has 0 bridgehead atoms. The number of azo groups is 2. The normalized spacial score (nSPS) is 11.3. The van der Waals surface area contributed by atoms with Crippen molar-refractivity contribution in [3.05, 3.63) is 81.9 Å². The number of esters is 2. The van der Waals surface area contributed by atoms with E-state index in [0.29, 0.717) is 35.7 Å². The first-order valence-electron chi connectivity index (χ1n) is 11.7. The Labute approximate surface area is 211 Å². The number of benzene rings is 3. The van der Waals surface area contributed by atoms with Crippen molar-refractivity contribution in [2.75, 3.05) is 13.2 Å². The number of rotatable bonds is 8. The average molecular weight is 487 g/mol. The van der Waals surface area contributed by atoms with E-state index in [9.17, 15) is 9.59 Å². The van der Waals surface area contributed by atoms with E-state index in [-0.39, 0.29) is 11.9 Å². The summed E-state index contributed by atoms with van der Waals surface area (Å²) in [5.41, 5.74) is 7.58. The first kappa shape index (κ1) is 26.4. The Kier molecular flexibility index (Phi) is 8.78. The highest BCUT2D eigenvalue weighted by atomic mass is 16.5. The molecule has 0 aliphatic carbocycles. The number of carbonyl (C=O) groups excluding carboxylic acids is 2. The van der Waals surface area contributed by atoms with E-state index in [2.05, 4.69) is 20.5 Å². The SMILES string of the molecule is CCOC(=O)c1ccc(N=Nc2c(C)c(C)c(N=Nc3ccc(C(=O)OCC)cc3)c(C)c2C)cc1. The molecule has 0 spiro atoms. The predicted octanol–water partition coefficient (Wildman–Crippen LogP) is 8.10. The van der Waals surface area contributed by atoms with Gasteiger partial charge in [-0.3, -0.25) is 0 Å². The summed E-state index contributed by atoms with van der Waals surface area (Å²) in [6.07, 6.45) is 0. The fraction of sp³-hybridized carbons (Fsp3) is 0.286. The van der Waals surface area contributed by atoms with Crippen molar-refractivity contribution < 1.29 is 19.1 Å². The Hall–Kier alpha value is -4.20. The second-order valence-corrected chi connectivity index (χ2v) is 8.13. The number of hydrogen-bond donors (Lipinski definition) is 0. The molecule has 0 saturated heterocycles. The molecule has 36 heavy (non-hydrogen) atoms. The lowest BCUT2D eigenvalue weighted by Gasteiger charge is -2.14. The number of carbonyl (C=O) groups is 2. The van der Waals surface area contributed by atoms with Crippen molar-refractivity contribution in [1.82, 2.24) is 0 Å². The van der Waals surface area contributed by atoms with E-state index >= 15 is 0 Å². The summed E-state index contributed by atoms with van der Waals surface area (Å²) in [5.74, 6) is -0.725. The van der Waals surface area contributed by atoms with Gasteiger partial charge in [0.2, 0.25) is 0 Å². The molecule has 0 aliphatic rings. The van der Waals surface area contributed by atoms with E-state index < -0.39 is 0 Å². The second-order valence-electron chi connectivity index (χ2n) is 8.13. The van der Waals surface area contributed by atoms with Crippen LogP contribution in [0.4, 0.5) is 22.7 Å². The third kappa shape index (κ3) is 6.07. The predicted molar refractivity (Wildman–Crippen MR) is 139 cm³/mol. The molecule has 3 aromatic carbocycles. The van der Waals surface area contributed by atoms with Crippen LogP contribution < -0.4 is 0 Å². The molecule has 0 fully saturated rings. The van der Waals surface area contributed by atoms with Gasteiger partial charge in [-0.25, -0.2) is 9.59 Å². The van der Waals surface area contributed by atoms with Crippen LogP contribution in [-0.2, 0) is 9.47 Å². The molecular weight excluding hydrogens is 456 g/mol. The van der Waals surface area contributed by atoms with Crippen LogP contribution in [0.5, 0.6) is 0 Å². The third-order valence-corrected chi connectivity index (χ3v) is 5.83. The maximum absolute atomic E-state index is 11.8. The highest BCUT2D eigenvalue weighted by Gasteiger charge is 2.15. The molecule has 0 aliphatic heterocycles. The molecule has 0 unspecified atom stereocenters. The first-order chi connectivity index (χ1) is 17.3. The van der Waals surface area contributed by atoms with Crippen molar-refractivity contribution in [2.45, 2.75) is 41.5 Å². The smallest absolute Gasteiger partial charge is 0.338 e. The van der Waals surface area contributed by atoms with Crippen LogP contribution in [0.15, 0.2) is 69.0 Å². The summed E-state index contributed by atoms with van der Waals surface area (Å²) >= 11 is 0. The lowest BCUT2D eigenvalue weighted by Crippen LogP contribution is -2.03. The molecule has 3 aromatic rings. The lowest BCUT2D eigenvalue weighted by atomic mass is 9.96. The Morgan fingerprint density at radius 2 is 0.861 bits per heavy atom. The molecule has 0 aromatic heterocycles. The Balaban J connectivity index is 1.83. The second kappa shape index (κ2) is 12.0. The van der Waals surface area contributed by atoms with Crippen molar-refractivity contribution in [1.29, 1.82) is 0 Å². The number of ether oxygens (including phenoxy) is 2. The van der Waals surface area contributed by atoms with Crippen LogP contribution in [0.2, 0.25) is 0 Å². The Bertz CT molecular complexity index is 1180. The van der Waals surface area contributed by atoms with Crippen molar-refractivity contribution >= 4 is 34.7 Å². The van der Waals surface area contributed by atoms with Crippen molar-refractivity contribution in [3.63, 3.8) is 0 Å². The Morgan fingerprint density at radius 1 is 0.556 bits per heavy atom. The van der Waals surface area contributed by atoms with E-state index in [1.807, 2.05) is 27.7 Å². The Morgan fingerprint density at radius 3 is 1.14 bits per heavy atom. The largest absolute Gasteiger partial charge is 0.462 e. The fourth-order valence-electron chi connectivity index (χ4n) is 3.55. The van der Waals surface area contributed by atoms with Gasteiger partial charge >= 0.3 is 11.9 Å². The zero-order valence-electron chi connectivity index (χ0n) is 21.5. The minimum atomic E-state index is -0.362. The molecule has 0 amide bonds. The van der Waals surface area contributed by atoms with Crippen LogP contribution in [0, 0.1) is 27.7 Å². The quantitative estimate of drug-likeness (QED) is 0.237. The van der Waals surface area contributed by atoms with Crippen LogP contribution >= 0.6 is 0 Å². The molecular formula is C28H30N4O4. The molecule has 0 radical (unpaired) electrons. The fourth-order valence-corrected chi connectivity index (χ4v) is 3.55. The maximum Gasteiger partial charge on any atom is 0.338 e. The van der Waals surface area contributed by atoms with Gasteiger partial charge in [0, 0.05) is 0 Å². The highest BCUT2D eigenvalue weighted by molar-refractivity contribution is 5.90. The van der Waals surface area contributed by atoms with Gasteiger partial charge in [0.15, 0.2) is 0 Å². The third-order valence-electron chi connectivity index (χ3n) is 5.83. The van der Waals surface area contributed by atoms with Crippen molar-refractivity contribution in [3.8, 4) is 0 Å². The topological polar surface area (TPSA) is 102 Å². The molecule has 0 heterocycles. The summed E-state index contributed by atoms with van der Waals surface area (Å²) in [7, 11) is 0. The summed E-state index contributed by atoms with van der Waals surface area (Å²) < 4.78 is 10.0. The summed E-state index contributed by atoms with van der Waals surface area (Å²) in [6.45, 7) is 12.1. The molecule has 0 saturated carbocycles. The molecule has 0 N–H and O–H groups in total. The van der Waals surface area contributed by atoms with Crippen molar-refractivity contribution in [2.24, 2.45) is 20.5 Å². The number of hydrogen-bond acceptors (Lipinski definition) is 8. The molecule has 3 rings (SSSR count). The van der Waals surface area contributed by atoms with E-state index in [1.165, 1.54) is 0 Å². The standard InChI is InChI=1S/C28H30N4O4/c1-7-35-27(33)21-9-13-23(14-10-21)29-31-25-17(3)19(5)26(20(6)18(25)4)32-30-24-15-11-22(12-16-24)28(34)36-8-2/h9-16H,7-8H2,1-6H3. The lowest BCUT2D eigenvalue weighted by molar-refractivity contribution is 0.0517. The van der Waals surface area contributed by atoms with Gasteiger partial charge in [-0.1, -0.05) is 0 Å². The van der Waals surface area contributed by atoms with Gasteiger partial charge in [-0.05, 0) is 112 Å². The minimum Gasteiger partial charge on any atom is -0.462 e. The molecule has 186 valence electrons. The maximum atomic E-state index is 11.8. The van der Waals surface area contributed by atoms with E-state index in [0.717, 1.165) is 33.6 Å². The van der Waals surface area contributed by atoms with Crippen LogP contribution in [-0.4, -0.2) is 25.2 Å². The van der Waals surface area contributed by atoms with Gasteiger partial charge < -0.3 is 9.47 Å². The molecule has 8 nitrogen and oxygen atoms in total. The summed E-state index contributed by atoms with van der Waals surface area (Å²) in [6, 6.07) is 13.6. The first-order valence-corrected chi connectivity index (χ1v) is 11.7. The van der Waals surface area contributed by atoms with Gasteiger partial charge in [0.25, 0.3) is 0 Å². The number of nitrogens with zero attached hydrogens (tertiary/aromatic N) is 4. The zero-order valence-corrected chi connectivity index (χ0v) is 21.5. The molecule has 8 heteroatoms. The van der Waals surface area contributed by atoms with Gasteiger partial charge in [0.1, 0.15) is 0 Å². The summed E-state index contributed by atoms with van der Waals surface area (Å²) in [5, 5.41) is 17.7. The monoisotopic (exact) mass is 486 g/mol.